The molecular weight excluding hydrogens is 236 g/mol. The quantitative estimate of drug-likeness (QED) is 0.431. The number of benzene rings is 1. The maximum absolute atomic E-state index is 11.3. The largest absolute Gasteiger partial charge is 0.404 e. The van der Waals surface area contributed by atoms with Crippen LogP contribution in [0.25, 0.3) is 0 Å². The van der Waals surface area contributed by atoms with Gasteiger partial charge in [-0.15, -0.1) is 0 Å². The summed E-state index contributed by atoms with van der Waals surface area (Å²) in [5.74, 6) is 0.0644. The van der Waals surface area contributed by atoms with Gasteiger partial charge in [-0.1, -0.05) is 17.7 Å². The Morgan fingerprint density at radius 3 is 2.65 bits per heavy atom. The Balaban J connectivity index is 2.48. The average molecular weight is 250 g/mol. The van der Waals surface area contributed by atoms with Crippen LogP contribution in [0.4, 0.5) is 4.79 Å². The molecule has 0 aliphatic heterocycles. The van der Waals surface area contributed by atoms with E-state index in [9.17, 15) is 4.79 Å². The number of carbonyl (C=O) groups excluding carboxylic acids is 1. The molecule has 0 saturated carbocycles. The number of hydrogen-bond donors (Lipinski definition) is 3. The summed E-state index contributed by atoms with van der Waals surface area (Å²) in [7, 11) is 0. The van der Waals surface area contributed by atoms with E-state index in [0.717, 1.165) is 10.5 Å². The third-order valence-electron chi connectivity index (χ3n) is 1.77. The summed E-state index contributed by atoms with van der Waals surface area (Å²) in [6, 6.07) is 7.22. The number of nitrogens with two attached hydrogens (primary N) is 2. The Morgan fingerprint density at radius 1 is 1.41 bits per heavy atom. The zero-order chi connectivity index (χ0) is 12.7. The number of amidine groups is 1. The topological polar surface area (TPSA) is 93.5 Å². The number of aliphatic imine (C=N–C) groups is 1. The molecule has 0 bridgehead atoms. The van der Waals surface area contributed by atoms with Crippen LogP contribution in [0.3, 0.4) is 0 Å². The zero-order valence-electron chi connectivity index (χ0n) is 9.38. The van der Waals surface area contributed by atoms with Gasteiger partial charge in [0.1, 0.15) is 5.84 Å². The first-order valence-electron chi connectivity index (χ1n) is 4.87. The fourth-order valence-electron chi connectivity index (χ4n) is 0.985. The lowest BCUT2D eigenvalue weighted by Crippen LogP contribution is -2.17. The molecule has 5 N–H and O–H groups in total. The fourth-order valence-corrected chi connectivity index (χ4v) is 1.51. The van der Waals surface area contributed by atoms with Crippen LogP contribution in [-0.4, -0.2) is 11.9 Å². The number of nitrogens with zero attached hydrogens (tertiary/aromatic N) is 1. The van der Waals surface area contributed by atoms with Gasteiger partial charge < -0.3 is 11.5 Å². The minimum absolute atomic E-state index is 0.0644. The van der Waals surface area contributed by atoms with E-state index in [1.165, 1.54) is 24.2 Å². The monoisotopic (exact) mass is 250 g/mol. The van der Waals surface area contributed by atoms with E-state index in [1.54, 1.807) is 0 Å². The molecule has 0 unspecified atom stereocenters. The SMILES string of the molecule is Cc1ccc(SNC(=O)/N=C(N)\C=C/N)cc1. The maximum atomic E-state index is 11.3. The molecule has 2 amide bonds. The van der Waals surface area contributed by atoms with Crippen LogP contribution in [0.15, 0.2) is 46.4 Å². The van der Waals surface area contributed by atoms with Crippen LogP contribution in [0.5, 0.6) is 0 Å². The normalized spacial score (nSPS) is 11.7. The summed E-state index contributed by atoms with van der Waals surface area (Å²) in [4.78, 5) is 15.8. The van der Waals surface area contributed by atoms with E-state index >= 15 is 0 Å². The van der Waals surface area contributed by atoms with Gasteiger partial charge in [0.2, 0.25) is 0 Å². The van der Waals surface area contributed by atoms with Crippen LogP contribution < -0.4 is 16.2 Å². The standard InChI is InChI=1S/C11H14N4OS/c1-8-2-4-9(5-3-8)17-15-11(16)14-10(13)6-7-12/h2-7H,12H2,1H3,(H3,13,14,15,16)/b7-6-. The lowest BCUT2D eigenvalue weighted by Gasteiger charge is -2.01. The molecule has 6 heteroatoms. The van der Waals surface area contributed by atoms with Crippen molar-refractivity contribution in [2.24, 2.45) is 16.5 Å². The van der Waals surface area contributed by atoms with Crippen LogP contribution in [0, 0.1) is 6.92 Å². The second-order valence-electron chi connectivity index (χ2n) is 3.22. The third kappa shape index (κ3) is 5.07. The number of carbonyl (C=O) groups is 1. The van der Waals surface area contributed by atoms with Gasteiger partial charge in [-0.05, 0) is 43.3 Å². The predicted octanol–water partition coefficient (Wildman–Crippen LogP) is 1.54. The van der Waals surface area contributed by atoms with Gasteiger partial charge in [-0.25, -0.2) is 4.79 Å². The van der Waals surface area contributed by atoms with Crippen LogP contribution >= 0.6 is 11.9 Å². The van der Waals surface area contributed by atoms with Crippen molar-refractivity contribution < 1.29 is 4.79 Å². The van der Waals surface area contributed by atoms with Crippen molar-refractivity contribution >= 4 is 23.8 Å². The highest BCUT2D eigenvalue weighted by molar-refractivity contribution is 7.98. The highest BCUT2D eigenvalue weighted by Crippen LogP contribution is 2.14. The molecule has 0 heterocycles. The van der Waals surface area contributed by atoms with Crippen LogP contribution in [-0.2, 0) is 0 Å². The summed E-state index contributed by atoms with van der Waals surface area (Å²) in [6.45, 7) is 2.00. The number of hydrogen-bond acceptors (Lipinski definition) is 3. The summed E-state index contributed by atoms with van der Waals surface area (Å²) in [5.41, 5.74) is 11.7. The van der Waals surface area contributed by atoms with E-state index in [-0.39, 0.29) is 5.84 Å². The molecule has 0 aromatic heterocycles. The van der Waals surface area contributed by atoms with E-state index in [1.807, 2.05) is 31.2 Å². The molecule has 0 atom stereocenters. The van der Waals surface area contributed by atoms with E-state index in [2.05, 4.69) is 9.71 Å². The number of aryl methyl sites for hydroxylation is 1. The first-order valence-corrected chi connectivity index (χ1v) is 5.69. The molecule has 0 aliphatic rings. The second-order valence-corrected chi connectivity index (χ2v) is 4.10. The smallest absolute Gasteiger partial charge is 0.353 e. The van der Waals surface area contributed by atoms with E-state index in [4.69, 9.17) is 11.5 Å². The first-order chi connectivity index (χ1) is 8.11. The minimum Gasteiger partial charge on any atom is -0.404 e. The highest BCUT2D eigenvalue weighted by Gasteiger charge is 1.99. The molecule has 90 valence electrons. The third-order valence-corrected chi connectivity index (χ3v) is 2.56. The lowest BCUT2D eigenvalue weighted by molar-refractivity contribution is 0.254. The van der Waals surface area contributed by atoms with Crippen molar-refractivity contribution in [2.45, 2.75) is 11.8 Å². The molecule has 0 fully saturated rings. The Labute approximate surface area is 104 Å². The summed E-state index contributed by atoms with van der Waals surface area (Å²) < 4.78 is 2.54. The van der Waals surface area contributed by atoms with Crippen molar-refractivity contribution in [2.75, 3.05) is 0 Å². The second kappa shape index (κ2) is 6.59. The molecule has 1 rings (SSSR count). The highest BCUT2D eigenvalue weighted by atomic mass is 32.2. The average Bonchev–Trinajstić information content (AvgIpc) is 2.28. The van der Waals surface area contributed by atoms with E-state index in [0.29, 0.717) is 0 Å². The fraction of sp³-hybridized carbons (Fsp3) is 0.0909. The number of amides is 2. The number of urea groups is 1. The maximum Gasteiger partial charge on any atom is 0.353 e. The minimum atomic E-state index is -0.522. The first kappa shape index (κ1) is 13.1. The van der Waals surface area contributed by atoms with Gasteiger partial charge in [-0.2, -0.15) is 4.99 Å². The predicted molar refractivity (Wildman–Crippen MR) is 70.5 cm³/mol. The molecule has 5 nitrogen and oxygen atoms in total. The zero-order valence-corrected chi connectivity index (χ0v) is 10.2. The summed E-state index contributed by atoms with van der Waals surface area (Å²) in [5, 5.41) is 0. The molecule has 17 heavy (non-hydrogen) atoms. The van der Waals surface area contributed by atoms with Crippen molar-refractivity contribution in [3.8, 4) is 0 Å². The van der Waals surface area contributed by atoms with Crippen molar-refractivity contribution in [3.63, 3.8) is 0 Å². The Bertz CT molecular complexity index is 439. The van der Waals surface area contributed by atoms with Gasteiger partial charge in [0.15, 0.2) is 0 Å². The molecule has 1 aromatic rings. The summed E-state index contributed by atoms with van der Waals surface area (Å²) >= 11 is 1.18. The van der Waals surface area contributed by atoms with Crippen molar-refractivity contribution in [3.05, 3.63) is 42.1 Å². The van der Waals surface area contributed by atoms with Crippen LogP contribution in [0.2, 0.25) is 0 Å². The molecule has 0 saturated heterocycles. The van der Waals surface area contributed by atoms with Crippen molar-refractivity contribution in [1.29, 1.82) is 0 Å². The lowest BCUT2D eigenvalue weighted by atomic mass is 10.2. The van der Waals surface area contributed by atoms with E-state index < -0.39 is 6.03 Å². The van der Waals surface area contributed by atoms with Crippen LogP contribution in [0.1, 0.15) is 5.56 Å². The Morgan fingerprint density at radius 2 is 2.06 bits per heavy atom. The van der Waals surface area contributed by atoms with Gasteiger partial charge in [0.05, 0.1) is 0 Å². The molecule has 0 radical (unpaired) electrons. The van der Waals surface area contributed by atoms with Gasteiger partial charge in [0.25, 0.3) is 0 Å². The Kier molecular flexibility index (Phi) is 5.09. The van der Waals surface area contributed by atoms with Gasteiger partial charge in [-0.3, -0.25) is 4.72 Å². The van der Waals surface area contributed by atoms with Gasteiger partial charge in [0, 0.05) is 4.90 Å². The molecule has 0 spiro atoms. The molecule has 0 aliphatic carbocycles. The summed E-state index contributed by atoms with van der Waals surface area (Å²) in [6.07, 6.45) is 2.56. The molecular formula is C11H14N4OS. The Hall–Kier alpha value is -1.95. The number of nitrogens with one attached hydrogen (secondary N) is 1. The molecule has 1 aromatic carbocycles. The van der Waals surface area contributed by atoms with Gasteiger partial charge >= 0.3 is 6.03 Å². The van der Waals surface area contributed by atoms with Crippen molar-refractivity contribution in [1.82, 2.24) is 4.72 Å². The number of rotatable bonds is 3.